The van der Waals surface area contributed by atoms with Gasteiger partial charge in [-0.3, -0.25) is 9.69 Å². The number of piperidine rings is 1. The van der Waals surface area contributed by atoms with Crippen molar-refractivity contribution in [3.63, 3.8) is 0 Å². The number of carbonyl (C=O) groups is 1. The van der Waals surface area contributed by atoms with Gasteiger partial charge in [-0.1, -0.05) is 44.8 Å². The van der Waals surface area contributed by atoms with Crippen LogP contribution in [0.1, 0.15) is 18.7 Å². The van der Waals surface area contributed by atoms with Crippen LogP contribution in [0.15, 0.2) is 57.5 Å². The zero-order chi connectivity index (χ0) is 20.2. The molecule has 0 aliphatic carbocycles. The Morgan fingerprint density at radius 3 is 2.83 bits per heavy atom. The Kier molecular flexibility index (Phi) is 6.28. The summed E-state index contributed by atoms with van der Waals surface area (Å²) in [5.41, 5.74) is 1.55. The lowest BCUT2D eigenvalue weighted by molar-refractivity contribution is -0.121. The molecule has 4 rings (SSSR count). The van der Waals surface area contributed by atoms with Gasteiger partial charge in [0.05, 0.1) is 17.5 Å². The zero-order valence-electron chi connectivity index (χ0n) is 15.6. The van der Waals surface area contributed by atoms with Gasteiger partial charge in [0.2, 0.25) is 17.6 Å². The molecule has 1 atom stereocenters. The maximum absolute atomic E-state index is 12.7. The Balaban J connectivity index is 1.37. The van der Waals surface area contributed by atoms with Crippen molar-refractivity contribution in [3.05, 3.63) is 63.9 Å². The highest BCUT2D eigenvalue weighted by atomic mass is 79.9. The zero-order valence-corrected chi connectivity index (χ0v) is 18.0. The quantitative estimate of drug-likeness (QED) is 0.562. The number of amides is 1. The summed E-state index contributed by atoms with van der Waals surface area (Å²) in [5.74, 6) is 0.971. The molecule has 1 aliphatic rings. The molecule has 2 aromatic carbocycles. The molecule has 1 saturated heterocycles. The lowest BCUT2D eigenvalue weighted by atomic mass is 9.97. The standard InChI is InChI=1S/C21H20BrClN4O2/c22-15-7-9-16(10-8-15)24-21(28)14-4-3-11-27(12-14)13-19-25-20(26-29-19)17-5-1-2-6-18(17)23/h1-2,5-10,14H,3-4,11-13H2,(H,24,28). The van der Waals surface area contributed by atoms with Crippen LogP contribution < -0.4 is 5.32 Å². The summed E-state index contributed by atoms with van der Waals surface area (Å²) in [6.45, 7) is 2.07. The van der Waals surface area contributed by atoms with Crippen LogP contribution in [-0.2, 0) is 11.3 Å². The number of hydrogen-bond donors (Lipinski definition) is 1. The van der Waals surface area contributed by atoms with Crippen LogP contribution in [0.4, 0.5) is 5.69 Å². The number of anilines is 1. The van der Waals surface area contributed by atoms with E-state index in [0.717, 1.165) is 35.1 Å². The SMILES string of the molecule is O=C(Nc1ccc(Br)cc1)C1CCCN(Cc2nc(-c3ccccc3Cl)no2)C1. The molecular weight excluding hydrogens is 456 g/mol. The maximum Gasteiger partial charge on any atom is 0.241 e. The first-order chi connectivity index (χ1) is 14.1. The highest BCUT2D eigenvalue weighted by molar-refractivity contribution is 9.10. The molecule has 1 N–H and O–H groups in total. The molecule has 1 unspecified atom stereocenters. The lowest BCUT2D eigenvalue weighted by Crippen LogP contribution is -2.40. The van der Waals surface area contributed by atoms with Gasteiger partial charge in [0.25, 0.3) is 0 Å². The first-order valence-electron chi connectivity index (χ1n) is 9.45. The van der Waals surface area contributed by atoms with Gasteiger partial charge in [-0.05, 0) is 55.8 Å². The van der Waals surface area contributed by atoms with Crippen molar-refractivity contribution >= 4 is 39.1 Å². The van der Waals surface area contributed by atoms with Gasteiger partial charge < -0.3 is 9.84 Å². The Labute approximate surface area is 182 Å². The third kappa shape index (κ3) is 5.04. The molecule has 29 heavy (non-hydrogen) atoms. The second-order valence-corrected chi connectivity index (χ2v) is 8.38. The molecule has 1 amide bonds. The average molecular weight is 476 g/mol. The minimum Gasteiger partial charge on any atom is -0.338 e. The Morgan fingerprint density at radius 2 is 2.03 bits per heavy atom. The number of hydrogen-bond acceptors (Lipinski definition) is 5. The van der Waals surface area contributed by atoms with Gasteiger partial charge in [-0.2, -0.15) is 4.98 Å². The van der Waals surface area contributed by atoms with Crippen LogP contribution in [0.2, 0.25) is 5.02 Å². The third-order valence-electron chi connectivity index (χ3n) is 4.93. The average Bonchev–Trinajstić information content (AvgIpc) is 3.18. The molecule has 3 aromatic rings. The molecule has 1 fully saturated rings. The van der Waals surface area contributed by atoms with E-state index >= 15 is 0 Å². The largest absolute Gasteiger partial charge is 0.338 e. The number of likely N-dealkylation sites (tertiary alicyclic amines) is 1. The Morgan fingerprint density at radius 1 is 1.24 bits per heavy atom. The summed E-state index contributed by atoms with van der Waals surface area (Å²) in [4.78, 5) is 19.3. The van der Waals surface area contributed by atoms with Crippen LogP contribution in [0.5, 0.6) is 0 Å². The van der Waals surface area contributed by atoms with E-state index in [-0.39, 0.29) is 11.8 Å². The minimum absolute atomic E-state index is 0.0410. The van der Waals surface area contributed by atoms with Crippen molar-refractivity contribution in [2.75, 3.05) is 18.4 Å². The number of nitrogens with one attached hydrogen (secondary N) is 1. The fourth-order valence-electron chi connectivity index (χ4n) is 3.45. The molecule has 0 bridgehead atoms. The Bertz CT molecular complexity index is 992. The first kappa shape index (κ1) is 20.1. The van der Waals surface area contributed by atoms with Gasteiger partial charge in [0.15, 0.2) is 0 Å². The summed E-state index contributed by atoms with van der Waals surface area (Å²) >= 11 is 9.61. The fraction of sp³-hybridized carbons (Fsp3) is 0.286. The molecule has 2 heterocycles. The topological polar surface area (TPSA) is 71.3 Å². The highest BCUT2D eigenvalue weighted by Gasteiger charge is 2.27. The minimum atomic E-state index is -0.0710. The highest BCUT2D eigenvalue weighted by Crippen LogP contribution is 2.26. The van der Waals surface area contributed by atoms with Gasteiger partial charge in [0.1, 0.15) is 0 Å². The van der Waals surface area contributed by atoms with Crippen LogP contribution in [0.3, 0.4) is 0 Å². The summed E-state index contributed by atoms with van der Waals surface area (Å²) in [6.07, 6.45) is 1.82. The van der Waals surface area contributed by atoms with Crippen molar-refractivity contribution in [2.45, 2.75) is 19.4 Å². The summed E-state index contributed by atoms with van der Waals surface area (Å²) in [7, 11) is 0. The molecule has 0 spiro atoms. The van der Waals surface area contributed by atoms with E-state index in [0.29, 0.717) is 29.8 Å². The summed E-state index contributed by atoms with van der Waals surface area (Å²) in [6, 6.07) is 15.0. The molecular formula is C21H20BrClN4O2. The molecule has 0 saturated carbocycles. The molecule has 150 valence electrons. The second-order valence-electron chi connectivity index (χ2n) is 7.06. The summed E-state index contributed by atoms with van der Waals surface area (Å²) < 4.78 is 6.39. The smallest absolute Gasteiger partial charge is 0.241 e. The summed E-state index contributed by atoms with van der Waals surface area (Å²) in [5, 5.41) is 7.64. The molecule has 1 aromatic heterocycles. The van der Waals surface area contributed by atoms with Crippen molar-refractivity contribution < 1.29 is 9.32 Å². The van der Waals surface area contributed by atoms with Gasteiger partial charge >= 0.3 is 0 Å². The van der Waals surface area contributed by atoms with Crippen molar-refractivity contribution in [1.82, 2.24) is 15.0 Å². The van der Waals surface area contributed by atoms with Crippen molar-refractivity contribution in [2.24, 2.45) is 5.92 Å². The van der Waals surface area contributed by atoms with Gasteiger partial charge in [-0.25, -0.2) is 0 Å². The molecule has 8 heteroatoms. The van der Waals surface area contributed by atoms with Crippen molar-refractivity contribution in [1.29, 1.82) is 0 Å². The van der Waals surface area contributed by atoms with E-state index in [9.17, 15) is 4.79 Å². The Hall–Kier alpha value is -2.22. The molecule has 1 aliphatic heterocycles. The van der Waals surface area contributed by atoms with Crippen LogP contribution in [0, 0.1) is 5.92 Å². The van der Waals surface area contributed by atoms with E-state index in [1.807, 2.05) is 42.5 Å². The lowest BCUT2D eigenvalue weighted by Gasteiger charge is -2.30. The number of rotatable bonds is 5. The number of halogens is 2. The van der Waals surface area contributed by atoms with Crippen LogP contribution in [0.25, 0.3) is 11.4 Å². The normalized spacial score (nSPS) is 17.2. The second kappa shape index (κ2) is 9.07. The molecule has 6 nitrogen and oxygen atoms in total. The predicted molar refractivity (Wildman–Crippen MR) is 116 cm³/mol. The van der Waals surface area contributed by atoms with Gasteiger partial charge in [0, 0.05) is 22.3 Å². The van der Waals surface area contributed by atoms with E-state index in [4.69, 9.17) is 16.1 Å². The first-order valence-corrected chi connectivity index (χ1v) is 10.6. The monoisotopic (exact) mass is 474 g/mol. The van der Waals surface area contributed by atoms with Crippen molar-refractivity contribution in [3.8, 4) is 11.4 Å². The molecule has 0 radical (unpaired) electrons. The number of nitrogens with zero attached hydrogens (tertiary/aromatic N) is 3. The van der Waals surface area contributed by atoms with E-state index in [1.165, 1.54) is 0 Å². The van der Waals surface area contributed by atoms with E-state index < -0.39 is 0 Å². The van der Waals surface area contributed by atoms with E-state index in [2.05, 4.69) is 36.3 Å². The number of benzene rings is 2. The van der Waals surface area contributed by atoms with Crippen LogP contribution >= 0.6 is 27.5 Å². The maximum atomic E-state index is 12.7. The number of carbonyl (C=O) groups excluding carboxylic acids is 1. The predicted octanol–water partition coefficient (Wildman–Crippen LogP) is 5.00. The fourth-order valence-corrected chi connectivity index (χ4v) is 3.94. The third-order valence-corrected chi connectivity index (χ3v) is 5.79. The number of aromatic nitrogens is 2. The van der Waals surface area contributed by atoms with Gasteiger partial charge in [-0.15, -0.1) is 0 Å². The van der Waals surface area contributed by atoms with E-state index in [1.54, 1.807) is 6.07 Å². The van der Waals surface area contributed by atoms with Crippen LogP contribution in [-0.4, -0.2) is 34.0 Å².